The van der Waals surface area contributed by atoms with Crippen molar-refractivity contribution in [3.63, 3.8) is 0 Å². The monoisotopic (exact) mass is 510 g/mol. The molecule has 2 aromatic heterocycles. The maximum atomic E-state index is 13.3. The second kappa shape index (κ2) is 8.26. The van der Waals surface area contributed by atoms with Gasteiger partial charge in [0.05, 0.1) is 23.5 Å². The van der Waals surface area contributed by atoms with Crippen LogP contribution in [-0.4, -0.2) is 54.4 Å². The highest BCUT2D eigenvalue weighted by Crippen LogP contribution is 2.53. The summed E-state index contributed by atoms with van der Waals surface area (Å²) in [6.45, 7) is 7.79. The van der Waals surface area contributed by atoms with Gasteiger partial charge in [0, 0.05) is 37.5 Å². The fourth-order valence-electron chi connectivity index (χ4n) is 6.24. The predicted molar refractivity (Wildman–Crippen MR) is 137 cm³/mol. The zero-order chi connectivity index (χ0) is 25.3. The summed E-state index contributed by atoms with van der Waals surface area (Å²) in [5, 5.41) is 0.741. The number of aromatic nitrogens is 3. The molecule has 0 amide bonds. The maximum Gasteiger partial charge on any atom is 0.269 e. The van der Waals surface area contributed by atoms with Gasteiger partial charge in [-0.25, -0.2) is 22.4 Å². The van der Waals surface area contributed by atoms with Crippen molar-refractivity contribution in [1.29, 1.82) is 0 Å². The molecule has 0 bridgehead atoms. The Bertz CT molecular complexity index is 1370. The number of hydrogen-bond acceptors (Lipinski definition) is 7. The second-order valence-corrected chi connectivity index (χ2v) is 13.5. The van der Waals surface area contributed by atoms with E-state index in [9.17, 15) is 8.42 Å². The summed E-state index contributed by atoms with van der Waals surface area (Å²) >= 11 is 0. The Morgan fingerprint density at radius 1 is 1.00 bits per heavy atom. The van der Waals surface area contributed by atoms with Crippen LogP contribution in [0, 0.1) is 24.2 Å². The van der Waals surface area contributed by atoms with Crippen molar-refractivity contribution in [2.45, 2.75) is 63.2 Å². The summed E-state index contributed by atoms with van der Waals surface area (Å²) in [4.78, 5) is 11.4. The van der Waals surface area contributed by atoms with E-state index in [4.69, 9.17) is 9.47 Å². The van der Waals surface area contributed by atoms with Gasteiger partial charge in [0.1, 0.15) is 12.1 Å². The van der Waals surface area contributed by atoms with Crippen LogP contribution in [0.15, 0.2) is 47.8 Å². The van der Waals surface area contributed by atoms with Gasteiger partial charge in [0.15, 0.2) is 11.4 Å². The van der Waals surface area contributed by atoms with Crippen LogP contribution < -0.4 is 4.90 Å². The van der Waals surface area contributed by atoms with E-state index in [1.807, 2.05) is 13.0 Å². The average Bonchev–Trinajstić information content (AvgIpc) is 3.53. The second-order valence-electron chi connectivity index (χ2n) is 11.7. The lowest BCUT2D eigenvalue weighted by atomic mass is 9.94. The lowest BCUT2D eigenvalue weighted by molar-refractivity contribution is -0.297. The quantitative estimate of drug-likeness (QED) is 0.515. The van der Waals surface area contributed by atoms with E-state index in [2.05, 4.69) is 35.8 Å². The number of ether oxygens (including phenoxy) is 2. The number of aryl methyl sites for hydroxylation is 1. The molecule has 36 heavy (non-hydrogen) atoms. The lowest BCUT2D eigenvalue weighted by Gasteiger charge is -2.42. The van der Waals surface area contributed by atoms with E-state index < -0.39 is 15.8 Å². The molecule has 6 rings (SSSR count). The Kier molecular flexibility index (Phi) is 5.48. The van der Waals surface area contributed by atoms with E-state index in [-0.39, 0.29) is 10.3 Å². The zero-order valence-corrected chi connectivity index (χ0v) is 22.2. The van der Waals surface area contributed by atoms with Crippen molar-refractivity contribution in [3.8, 4) is 0 Å². The smallest absolute Gasteiger partial charge is 0.269 e. The van der Waals surface area contributed by atoms with Crippen LogP contribution in [0.5, 0.6) is 0 Å². The van der Waals surface area contributed by atoms with Crippen LogP contribution in [0.25, 0.3) is 11.0 Å². The number of fused-ring (bicyclic) bond motifs is 2. The van der Waals surface area contributed by atoms with Gasteiger partial charge in [-0.05, 0) is 49.8 Å². The van der Waals surface area contributed by atoms with Gasteiger partial charge in [-0.2, -0.15) is 0 Å². The van der Waals surface area contributed by atoms with Gasteiger partial charge in [0.2, 0.25) is 0 Å². The molecule has 9 heteroatoms. The molecule has 192 valence electrons. The Morgan fingerprint density at radius 3 is 2.28 bits per heavy atom. The Labute approximate surface area is 212 Å². The van der Waals surface area contributed by atoms with Crippen molar-refractivity contribution < 1.29 is 17.9 Å². The van der Waals surface area contributed by atoms with E-state index in [0.717, 1.165) is 55.7 Å². The molecule has 1 aromatic carbocycles. The molecule has 8 nitrogen and oxygen atoms in total. The van der Waals surface area contributed by atoms with E-state index in [1.165, 1.54) is 10.3 Å². The summed E-state index contributed by atoms with van der Waals surface area (Å²) in [7, 11) is -1.70. The molecule has 3 heterocycles. The van der Waals surface area contributed by atoms with Crippen molar-refractivity contribution in [1.82, 2.24) is 13.9 Å². The molecule has 0 radical (unpaired) electrons. The summed E-state index contributed by atoms with van der Waals surface area (Å²) in [6, 6.07) is 9.01. The molecule has 3 aromatic rings. The third kappa shape index (κ3) is 3.92. The lowest BCUT2D eigenvalue weighted by Crippen LogP contribution is -2.46. The number of hydrogen-bond donors (Lipinski definition) is 0. The van der Waals surface area contributed by atoms with E-state index in [0.29, 0.717) is 23.5 Å². The van der Waals surface area contributed by atoms with Gasteiger partial charge in [-0.3, -0.25) is 0 Å². The van der Waals surface area contributed by atoms with Crippen LogP contribution in [0.2, 0.25) is 0 Å². The minimum Gasteiger partial charge on any atom is -0.356 e. The number of anilines is 1. The largest absolute Gasteiger partial charge is 0.356 e. The molecular formula is C27H34N4O4S. The average molecular weight is 511 g/mol. The minimum absolute atomic E-state index is 0.0768. The third-order valence-electron chi connectivity index (χ3n) is 8.30. The van der Waals surface area contributed by atoms with Crippen LogP contribution in [0.1, 0.15) is 45.1 Å². The molecule has 1 aliphatic heterocycles. The van der Waals surface area contributed by atoms with Gasteiger partial charge >= 0.3 is 0 Å². The molecule has 1 spiro atoms. The highest BCUT2D eigenvalue weighted by atomic mass is 32.2. The number of benzene rings is 1. The zero-order valence-electron chi connectivity index (χ0n) is 21.3. The number of rotatable bonds is 4. The summed E-state index contributed by atoms with van der Waals surface area (Å²) in [5.74, 6) is 1.48. The van der Waals surface area contributed by atoms with E-state index in [1.54, 1.807) is 30.5 Å². The Hall–Kier alpha value is -2.49. The first kappa shape index (κ1) is 23.9. The first-order chi connectivity index (χ1) is 17.1. The first-order valence-corrected chi connectivity index (χ1v) is 14.2. The normalized spacial score (nSPS) is 26.9. The summed E-state index contributed by atoms with van der Waals surface area (Å²) in [6.07, 6.45) is 7.04. The van der Waals surface area contributed by atoms with Crippen molar-refractivity contribution in [3.05, 3.63) is 48.4 Å². The molecule has 3 fully saturated rings. The van der Waals surface area contributed by atoms with Crippen molar-refractivity contribution in [2.24, 2.45) is 17.3 Å². The molecule has 3 aliphatic rings. The highest BCUT2D eigenvalue weighted by Gasteiger charge is 2.54. The molecule has 2 aliphatic carbocycles. The first-order valence-electron chi connectivity index (χ1n) is 12.7. The Morgan fingerprint density at radius 2 is 1.64 bits per heavy atom. The number of nitrogens with zero attached hydrogens (tertiary/aromatic N) is 4. The van der Waals surface area contributed by atoms with Crippen LogP contribution in [0.3, 0.4) is 0 Å². The van der Waals surface area contributed by atoms with Crippen molar-refractivity contribution >= 4 is 26.9 Å². The SMILES string of the molecule is Cc1ccc(S(=O)(=O)n2ccc3c(N(C)C4C[C@@H]5CC6(C[C@@H]5C4)OCC(C)(C)CO6)ncnc32)cc1. The van der Waals surface area contributed by atoms with Gasteiger partial charge in [-0.1, -0.05) is 31.5 Å². The molecule has 1 saturated heterocycles. The molecule has 1 unspecified atom stereocenters. The molecule has 2 saturated carbocycles. The van der Waals surface area contributed by atoms with Crippen LogP contribution in [-0.2, 0) is 19.5 Å². The maximum absolute atomic E-state index is 13.3. The van der Waals surface area contributed by atoms with Gasteiger partial charge in [-0.15, -0.1) is 0 Å². The third-order valence-corrected chi connectivity index (χ3v) is 9.98. The van der Waals surface area contributed by atoms with E-state index >= 15 is 0 Å². The summed E-state index contributed by atoms with van der Waals surface area (Å²) in [5.41, 5.74) is 1.49. The minimum atomic E-state index is -3.76. The fraction of sp³-hybridized carbons (Fsp3) is 0.556. The fourth-order valence-corrected chi connectivity index (χ4v) is 7.54. The van der Waals surface area contributed by atoms with Gasteiger partial charge in [0.25, 0.3) is 10.0 Å². The van der Waals surface area contributed by atoms with Gasteiger partial charge < -0.3 is 14.4 Å². The highest BCUT2D eigenvalue weighted by molar-refractivity contribution is 7.90. The topological polar surface area (TPSA) is 86.6 Å². The van der Waals surface area contributed by atoms with Crippen LogP contribution >= 0.6 is 0 Å². The molecule has 3 atom stereocenters. The summed E-state index contributed by atoms with van der Waals surface area (Å²) < 4.78 is 40.5. The predicted octanol–water partition coefficient (Wildman–Crippen LogP) is 4.37. The Balaban J connectivity index is 1.22. The standard InChI is InChI=1S/C27H34N4O4S/c1-18-5-7-22(8-6-18)36(32,33)31-10-9-23-24(28-17-29-25(23)31)30(4)21-11-19-13-27(14-20(19)12-21)34-15-26(2,3)16-35-27/h5-10,17,19-21H,11-16H2,1-4H3/t19-,20+,21?. The molecular weight excluding hydrogens is 476 g/mol. The molecule has 0 N–H and O–H groups in total. The van der Waals surface area contributed by atoms with Crippen LogP contribution in [0.4, 0.5) is 5.82 Å². The van der Waals surface area contributed by atoms with Crippen molar-refractivity contribution in [2.75, 3.05) is 25.2 Å².